The van der Waals surface area contributed by atoms with Gasteiger partial charge in [-0.15, -0.1) is 0 Å². The molecule has 21 heavy (non-hydrogen) atoms. The lowest BCUT2D eigenvalue weighted by Gasteiger charge is -2.31. The predicted molar refractivity (Wildman–Crippen MR) is 86.5 cm³/mol. The highest BCUT2D eigenvalue weighted by Gasteiger charge is 2.30. The molecule has 1 heterocycles. The monoisotopic (exact) mass is 327 g/mol. The first-order valence-corrected chi connectivity index (χ1v) is 9.12. The van der Waals surface area contributed by atoms with Crippen LogP contribution in [0.3, 0.4) is 0 Å². The Morgan fingerprint density at radius 1 is 1.48 bits per heavy atom. The van der Waals surface area contributed by atoms with Gasteiger partial charge in [-0.25, -0.2) is 13.1 Å². The van der Waals surface area contributed by atoms with Gasteiger partial charge in [0.25, 0.3) is 0 Å². The molecule has 0 radical (unpaired) electrons. The highest BCUT2D eigenvalue weighted by Crippen LogP contribution is 2.28. The molecule has 1 aromatic rings. The molecular formula is C14H21N3O2S2. The highest BCUT2D eigenvalue weighted by molar-refractivity contribution is 7.89. The summed E-state index contributed by atoms with van der Waals surface area (Å²) in [5.41, 5.74) is 5.73. The van der Waals surface area contributed by atoms with Gasteiger partial charge < -0.3 is 5.73 Å². The molecule has 1 aromatic heterocycles. The summed E-state index contributed by atoms with van der Waals surface area (Å²) in [6.45, 7) is 2.10. The lowest BCUT2D eigenvalue weighted by Crippen LogP contribution is -2.42. The summed E-state index contributed by atoms with van der Waals surface area (Å²) in [6.07, 6.45) is 6.63. The molecule has 2 rings (SSSR count). The van der Waals surface area contributed by atoms with Crippen LogP contribution in [0.25, 0.3) is 0 Å². The predicted octanol–water partition coefficient (Wildman–Crippen LogP) is 1.96. The van der Waals surface area contributed by atoms with Gasteiger partial charge in [0.15, 0.2) is 0 Å². The minimum atomic E-state index is -3.66. The molecule has 0 bridgehead atoms. The zero-order chi connectivity index (χ0) is 15.5. The first kappa shape index (κ1) is 16.3. The van der Waals surface area contributed by atoms with Gasteiger partial charge in [0.2, 0.25) is 10.0 Å². The van der Waals surface area contributed by atoms with E-state index in [1.807, 2.05) is 0 Å². The van der Waals surface area contributed by atoms with Crippen LogP contribution in [0.4, 0.5) is 0 Å². The quantitative estimate of drug-likeness (QED) is 0.808. The van der Waals surface area contributed by atoms with Crippen molar-refractivity contribution in [3.05, 3.63) is 24.0 Å². The number of nitrogens with one attached hydrogen (secondary N) is 1. The molecule has 116 valence electrons. The Hall–Kier alpha value is -1.05. The number of hydrogen-bond acceptors (Lipinski definition) is 4. The van der Waals surface area contributed by atoms with Crippen LogP contribution in [0.2, 0.25) is 0 Å². The van der Waals surface area contributed by atoms with Crippen LogP contribution in [-0.2, 0) is 10.0 Å². The van der Waals surface area contributed by atoms with Crippen molar-refractivity contribution in [2.24, 2.45) is 11.7 Å². The van der Waals surface area contributed by atoms with Crippen LogP contribution in [0.1, 0.15) is 44.7 Å². The second-order valence-corrected chi connectivity index (χ2v) is 7.52. The molecule has 1 saturated carbocycles. The summed E-state index contributed by atoms with van der Waals surface area (Å²) >= 11 is 4.89. The molecular weight excluding hydrogens is 306 g/mol. The van der Waals surface area contributed by atoms with Gasteiger partial charge >= 0.3 is 0 Å². The van der Waals surface area contributed by atoms with E-state index in [2.05, 4.69) is 16.6 Å². The maximum Gasteiger partial charge on any atom is 0.243 e. The van der Waals surface area contributed by atoms with Crippen molar-refractivity contribution in [2.45, 2.75) is 50.0 Å². The molecule has 1 aliphatic rings. The number of thiocarbonyl (C=S) groups is 1. The van der Waals surface area contributed by atoms with Crippen LogP contribution in [0.5, 0.6) is 0 Å². The maximum absolute atomic E-state index is 12.6. The second-order valence-electron chi connectivity index (χ2n) is 5.39. The molecule has 5 nitrogen and oxygen atoms in total. The van der Waals surface area contributed by atoms with E-state index >= 15 is 0 Å². The van der Waals surface area contributed by atoms with E-state index in [0.29, 0.717) is 5.92 Å². The Labute approximate surface area is 131 Å². The minimum Gasteiger partial charge on any atom is -0.388 e. The van der Waals surface area contributed by atoms with E-state index in [1.165, 1.54) is 18.7 Å². The largest absolute Gasteiger partial charge is 0.388 e. The van der Waals surface area contributed by atoms with Crippen molar-refractivity contribution in [1.82, 2.24) is 9.71 Å². The van der Waals surface area contributed by atoms with Crippen LogP contribution in [0.15, 0.2) is 23.2 Å². The average Bonchev–Trinajstić information content (AvgIpc) is 2.47. The summed E-state index contributed by atoms with van der Waals surface area (Å²) in [4.78, 5) is 4.05. The van der Waals surface area contributed by atoms with Gasteiger partial charge in [-0.3, -0.25) is 4.98 Å². The number of nitrogens with two attached hydrogens (primary N) is 1. The summed E-state index contributed by atoms with van der Waals surface area (Å²) in [6, 6.07) is 3.05. The summed E-state index contributed by atoms with van der Waals surface area (Å²) in [5.74, 6) is 0.387. The van der Waals surface area contributed by atoms with Crippen molar-refractivity contribution >= 4 is 27.2 Å². The molecule has 0 amide bonds. The first-order valence-electron chi connectivity index (χ1n) is 7.23. The molecule has 2 unspecified atom stereocenters. The first-order chi connectivity index (χ1) is 9.95. The third-order valence-electron chi connectivity index (χ3n) is 4.03. The lowest BCUT2D eigenvalue weighted by atomic mass is 9.83. The van der Waals surface area contributed by atoms with Gasteiger partial charge in [-0.2, -0.15) is 0 Å². The van der Waals surface area contributed by atoms with Gasteiger partial charge in [0.1, 0.15) is 15.6 Å². The number of hydrogen-bond donors (Lipinski definition) is 2. The molecule has 0 spiro atoms. The molecule has 7 heteroatoms. The summed E-state index contributed by atoms with van der Waals surface area (Å²) in [7, 11) is -3.66. The van der Waals surface area contributed by atoms with Crippen LogP contribution in [-0.4, -0.2) is 24.4 Å². The number of aromatic nitrogens is 1. The normalized spacial score (nSPS) is 22.9. The van der Waals surface area contributed by atoms with Crippen molar-refractivity contribution in [1.29, 1.82) is 0 Å². The zero-order valence-corrected chi connectivity index (χ0v) is 13.7. The van der Waals surface area contributed by atoms with E-state index in [1.54, 1.807) is 6.07 Å². The van der Waals surface area contributed by atoms with E-state index in [-0.39, 0.29) is 21.6 Å². The molecule has 1 aliphatic carbocycles. The number of nitrogens with zero attached hydrogens (tertiary/aromatic N) is 1. The van der Waals surface area contributed by atoms with Gasteiger partial charge in [0, 0.05) is 12.2 Å². The van der Waals surface area contributed by atoms with Crippen LogP contribution in [0, 0.1) is 5.92 Å². The zero-order valence-electron chi connectivity index (χ0n) is 12.1. The average molecular weight is 327 g/mol. The van der Waals surface area contributed by atoms with Gasteiger partial charge in [0.05, 0.1) is 0 Å². The fourth-order valence-corrected chi connectivity index (χ4v) is 4.64. The van der Waals surface area contributed by atoms with E-state index < -0.39 is 10.0 Å². The minimum absolute atomic E-state index is 0.00772. The van der Waals surface area contributed by atoms with Gasteiger partial charge in [-0.05, 0) is 30.9 Å². The second kappa shape index (κ2) is 6.81. The van der Waals surface area contributed by atoms with Crippen molar-refractivity contribution in [2.75, 3.05) is 0 Å². The molecule has 1 fully saturated rings. The summed E-state index contributed by atoms with van der Waals surface area (Å²) in [5, 5.41) is 0. The van der Waals surface area contributed by atoms with Crippen molar-refractivity contribution in [3.63, 3.8) is 0 Å². The van der Waals surface area contributed by atoms with Crippen molar-refractivity contribution in [3.8, 4) is 0 Å². The van der Waals surface area contributed by atoms with Crippen LogP contribution < -0.4 is 10.5 Å². The molecule has 2 atom stereocenters. The van der Waals surface area contributed by atoms with E-state index in [9.17, 15) is 8.42 Å². The smallest absolute Gasteiger partial charge is 0.243 e. The van der Waals surface area contributed by atoms with Crippen molar-refractivity contribution < 1.29 is 8.42 Å². The Balaban J connectivity index is 2.28. The SMILES string of the molecule is CCC1CCCCC1NS(=O)(=O)c1cccnc1C(N)=S. The topological polar surface area (TPSA) is 85.1 Å². The summed E-state index contributed by atoms with van der Waals surface area (Å²) < 4.78 is 28.1. The number of sulfonamides is 1. The van der Waals surface area contributed by atoms with Gasteiger partial charge in [-0.1, -0.05) is 38.4 Å². The molecule has 0 aliphatic heterocycles. The third kappa shape index (κ3) is 3.78. The standard InChI is InChI=1S/C14H21N3O2S2/c1-2-10-6-3-4-7-11(10)17-21(18,19)12-8-5-9-16-13(12)14(15)20/h5,8-11,17H,2-4,6-7H2,1H3,(H2,15,20). The van der Waals surface area contributed by atoms with Crippen LogP contribution >= 0.6 is 12.2 Å². The Bertz CT molecular complexity index is 616. The Morgan fingerprint density at radius 3 is 2.86 bits per heavy atom. The maximum atomic E-state index is 12.6. The van der Waals surface area contributed by atoms with E-state index in [4.69, 9.17) is 18.0 Å². The lowest BCUT2D eigenvalue weighted by molar-refractivity contribution is 0.282. The Morgan fingerprint density at radius 2 is 2.19 bits per heavy atom. The highest BCUT2D eigenvalue weighted by atomic mass is 32.2. The molecule has 0 saturated heterocycles. The fourth-order valence-electron chi connectivity index (χ4n) is 2.91. The Kier molecular flexibility index (Phi) is 5.29. The fraction of sp³-hybridized carbons (Fsp3) is 0.571. The van der Waals surface area contributed by atoms with E-state index in [0.717, 1.165) is 25.7 Å². The molecule has 0 aromatic carbocycles. The molecule has 3 N–H and O–H groups in total. The number of rotatable bonds is 5. The third-order valence-corrected chi connectivity index (χ3v) is 5.75. The number of pyridine rings is 1.